The highest BCUT2D eigenvalue weighted by Gasteiger charge is 2.15. The SMILES string of the molecule is Cc1cccc2[nH]c([C@H](C)Oc3ccccc3C(C)C)nc12. The number of imidazole rings is 1. The van der Waals surface area contributed by atoms with Crippen LogP contribution in [0.1, 0.15) is 49.7 Å². The first-order chi connectivity index (χ1) is 10.6. The summed E-state index contributed by atoms with van der Waals surface area (Å²) < 4.78 is 6.17. The zero-order valence-electron chi connectivity index (χ0n) is 13.6. The van der Waals surface area contributed by atoms with Gasteiger partial charge in [-0.15, -0.1) is 0 Å². The molecule has 0 aliphatic carbocycles. The van der Waals surface area contributed by atoms with Gasteiger partial charge >= 0.3 is 0 Å². The van der Waals surface area contributed by atoms with E-state index < -0.39 is 0 Å². The van der Waals surface area contributed by atoms with Crippen LogP contribution in [-0.4, -0.2) is 9.97 Å². The van der Waals surface area contributed by atoms with Crippen molar-refractivity contribution in [2.45, 2.75) is 39.7 Å². The van der Waals surface area contributed by atoms with Gasteiger partial charge in [-0.2, -0.15) is 0 Å². The highest BCUT2D eigenvalue weighted by Crippen LogP contribution is 2.30. The molecule has 0 unspecified atom stereocenters. The van der Waals surface area contributed by atoms with Crippen LogP contribution >= 0.6 is 0 Å². The Morgan fingerprint density at radius 2 is 1.77 bits per heavy atom. The van der Waals surface area contributed by atoms with Gasteiger partial charge in [0.05, 0.1) is 11.0 Å². The molecule has 0 aliphatic heterocycles. The Kier molecular flexibility index (Phi) is 3.88. The number of aromatic amines is 1. The third-order valence-corrected chi connectivity index (χ3v) is 3.96. The molecule has 1 atom stereocenters. The van der Waals surface area contributed by atoms with Gasteiger partial charge in [0.25, 0.3) is 0 Å². The van der Waals surface area contributed by atoms with Crippen molar-refractivity contribution in [2.75, 3.05) is 0 Å². The molecule has 0 saturated heterocycles. The number of hydrogen-bond acceptors (Lipinski definition) is 2. The van der Waals surface area contributed by atoms with Gasteiger partial charge in [0.15, 0.2) is 6.10 Å². The van der Waals surface area contributed by atoms with Crippen LogP contribution in [0, 0.1) is 6.92 Å². The van der Waals surface area contributed by atoms with Crippen molar-refractivity contribution in [1.82, 2.24) is 9.97 Å². The Bertz CT molecular complexity index is 789. The van der Waals surface area contributed by atoms with Crippen LogP contribution in [0.4, 0.5) is 0 Å². The molecule has 2 aromatic carbocycles. The van der Waals surface area contributed by atoms with Gasteiger partial charge in [-0.05, 0) is 43.0 Å². The summed E-state index contributed by atoms with van der Waals surface area (Å²) in [5, 5.41) is 0. The van der Waals surface area contributed by atoms with Crippen LogP contribution in [0.15, 0.2) is 42.5 Å². The van der Waals surface area contributed by atoms with Gasteiger partial charge in [-0.25, -0.2) is 4.98 Å². The summed E-state index contributed by atoms with van der Waals surface area (Å²) in [7, 11) is 0. The second kappa shape index (κ2) is 5.84. The van der Waals surface area contributed by atoms with Crippen LogP contribution in [0.5, 0.6) is 5.75 Å². The molecule has 1 N–H and O–H groups in total. The van der Waals surface area contributed by atoms with Crippen molar-refractivity contribution in [2.24, 2.45) is 0 Å². The summed E-state index contributed by atoms with van der Waals surface area (Å²) in [4.78, 5) is 8.07. The molecule has 3 nitrogen and oxygen atoms in total. The third-order valence-electron chi connectivity index (χ3n) is 3.96. The molecule has 1 heterocycles. The minimum atomic E-state index is -0.119. The summed E-state index contributed by atoms with van der Waals surface area (Å²) in [6.45, 7) is 8.46. The van der Waals surface area contributed by atoms with Crippen LogP contribution in [0.2, 0.25) is 0 Å². The first-order valence-corrected chi connectivity index (χ1v) is 7.77. The Labute approximate surface area is 131 Å². The summed E-state index contributed by atoms with van der Waals surface area (Å²) in [6.07, 6.45) is -0.119. The normalized spacial score (nSPS) is 12.8. The van der Waals surface area contributed by atoms with E-state index in [1.807, 2.05) is 31.2 Å². The Balaban J connectivity index is 1.90. The van der Waals surface area contributed by atoms with E-state index in [0.29, 0.717) is 5.92 Å². The fourth-order valence-corrected chi connectivity index (χ4v) is 2.70. The van der Waals surface area contributed by atoms with Crippen LogP contribution < -0.4 is 4.74 Å². The first kappa shape index (κ1) is 14.6. The van der Waals surface area contributed by atoms with Gasteiger partial charge in [0.2, 0.25) is 0 Å². The zero-order chi connectivity index (χ0) is 15.7. The molecule has 0 fully saturated rings. The van der Waals surface area contributed by atoms with Gasteiger partial charge in [0.1, 0.15) is 11.6 Å². The number of aromatic nitrogens is 2. The maximum atomic E-state index is 6.17. The summed E-state index contributed by atoms with van der Waals surface area (Å²) in [5.41, 5.74) is 4.48. The number of hydrogen-bond donors (Lipinski definition) is 1. The number of fused-ring (bicyclic) bond motifs is 1. The molecular weight excluding hydrogens is 272 g/mol. The van der Waals surface area contributed by atoms with Gasteiger partial charge in [-0.3, -0.25) is 0 Å². The minimum Gasteiger partial charge on any atom is -0.483 e. The molecule has 114 valence electrons. The lowest BCUT2D eigenvalue weighted by Gasteiger charge is -2.17. The fraction of sp³-hybridized carbons (Fsp3) is 0.316. The maximum Gasteiger partial charge on any atom is 0.153 e. The van der Waals surface area contributed by atoms with Crippen molar-refractivity contribution in [3.63, 3.8) is 0 Å². The molecule has 0 aliphatic rings. The number of H-pyrrole nitrogens is 1. The lowest BCUT2D eigenvalue weighted by molar-refractivity contribution is 0.215. The number of nitrogens with zero attached hydrogens (tertiary/aromatic N) is 1. The van der Waals surface area contributed by atoms with E-state index in [4.69, 9.17) is 9.72 Å². The van der Waals surface area contributed by atoms with Gasteiger partial charge in [0, 0.05) is 0 Å². The van der Waals surface area contributed by atoms with Crippen LogP contribution in [0.3, 0.4) is 0 Å². The Morgan fingerprint density at radius 1 is 1.00 bits per heavy atom. The predicted octanol–water partition coefficient (Wildman–Crippen LogP) is 5.13. The smallest absolute Gasteiger partial charge is 0.153 e. The maximum absolute atomic E-state index is 6.17. The lowest BCUT2D eigenvalue weighted by Crippen LogP contribution is -2.07. The van der Waals surface area contributed by atoms with Gasteiger partial charge < -0.3 is 9.72 Å². The Morgan fingerprint density at radius 3 is 2.50 bits per heavy atom. The van der Waals surface area contributed by atoms with E-state index in [1.165, 1.54) is 11.1 Å². The standard InChI is InChI=1S/C19H22N2O/c1-12(2)15-9-5-6-11-17(15)22-14(4)19-20-16-10-7-8-13(3)18(16)21-19/h5-12,14H,1-4H3,(H,20,21)/t14-/m0/s1. The topological polar surface area (TPSA) is 37.9 Å². The van der Waals surface area contributed by atoms with Crippen LogP contribution in [0.25, 0.3) is 11.0 Å². The highest BCUT2D eigenvalue weighted by atomic mass is 16.5. The molecule has 0 radical (unpaired) electrons. The largest absolute Gasteiger partial charge is 0.483 e. The summed E-state index contributed by atoms with van der Waals surface area (Å²) >= 11 is 0. The van der Waals surface area contributed by atoms with E-state index >= 15 is 0 Å². The average molecular weight is 294 g/mol. The van der Waals surface area contributed by atoms with E-state index in [9.17, 15) is 0 Å². The molecular formula is C19H22N2O. The molecule has 3 rings (SSSR count). The van der Waals surface area contributed by atoms with Crippen molar-refractivity contribution in [3.8, 4) is 5.75 Å². The molecule has 3 heteroatoms. The van der Waals surface area contributed by atoms with Crippen LogP contribution in [-0.2, 0) is 0 Å². The minimum absolute atomic E-state index is 0.119. The zero-order valence-corrected chi connectivity index (χ0v) is 13.6. The van der Waals surface area contributed by atoms with Crippen molar-refractivity contribution in [1.29, 1.82) is 0 Å². The monoisotopic (exact) mass is 294 g/mol. The number of rotatable bonds is 4. The average Bonchev–Trinajstić information content (AvgIpc) is 2.93. The van der Waals surface area contributed by atoms with E-state index in [-0.39, 0.29) is 6.10 Å². The number of aryl methyl sites for hydroxylation is 1. The second-order valence-corrected chi connectivity index (χ2v) is 6.05. The third kappa shape index (κ3) is 2.71. The molecule has 3 aromatic rings. The van der Waals surface area contributed by atoms with E-state index in [0.717, 1.165) is 22.6 Å². The van der Waals surface area contributed by atoms with Crippen molar-refractivity contribution < 1.29 is 4.74 Å². The quantitative estimate of drug-likeness (QED) is 0.724. The first-order valence-electron chi connectivity index (χ1n) is 7.77. The summed E-state index contributed by atoms with van der Waals surface area (Å²) in [5.74, 6) is 2.23. The molecule has 22 heavy (non-hydrogen) atoms. The molecule has 0 bridgehead atoms. The predicted molar refractivity (Wildman–Crippen MR) is 90.4 cm³/mol. The second-order valence-electron chi connectivity index (χ2n) is 6.05. The Hall–Kier alpha value is -2.29. The van der Waals surface area contributed by atoms with Crippen molar-refractivity contribution in [3.05, 3.63) is 59.4 Å². The fourth-order valence-electron chi connectivity index (χ4n) is 2.70. The summed E-state index contributed by atoms with van der Waals surface area (Å²) in [6, 6.07) is 14.4. The van der Waals surface area contributed by atoms with E-state index in [2.05, 4.69) is 44.0 Å². The van der Waals surface area contributed by atoms with Crippen molar-refractivity contribution >= 4 is 11.0 Å². The number of para-hydroxylation sites is 2. The number of nitrogens with one attached hydrogen (secondary N) is 1. The van der Waals surface area contributed by atoms with Gasteiger partial charge in [-0.1, -0.05) is 44.2 Å². The number of benzene rings is 2. The number of ether oxygens (including phenoxy) is 1. The van der Waals surface area contributed by atoms with E-state index in [1.54, 1.807) is 0 Å². The molecule has 1 aromatic heterocycles. The molecule has 0 amide bonds. The lowest BCUT2D eigenvalue weighted by atomic mass is 10.0. The highest BCUT2D eigenvalue weighted by molar-refractivity contribution is 5.78. The molecule has 0 saturated carbocycles. The molecule has 0 spiro atoms.